The van der Waals surface area contributed by atoms with Crippen molar-refractivity contribution in [1.29, 1.82) is 0 Å². The molecule has 0 saturated carbocycles. The molecule has 0 spiro atoms. The van der Waals surface area contributed by atoms with Crippen molar-refractivity contribution in [2.24, 2.45) is 0 Å². The van der Waals surface area contributed by atoms with Gasteiger partial charge in [0.1, 0.15) is 4.90 Å². The minimum absolute atomic E-state index is 0. The Bertz CT molecular complexity index is 790. The molecule has 1 atom stereocenters. The third-order valence-electron chi connectivity index (χ3n) is 4.76. The summed E-state index contributed by atoms with van der Waals surface area (Å²) in [5.74, 6) is -3.17. The first kappa shape index (κ1) is 24.8. The van der Waals surface area contributed by atoms with Gasteiger partial charge in [-0.2, -0.15) is 0 Å². The van der Waals surface area contributed by atoms with E-state index in [0.717, 1.165) is 0 Å². The summed E-state index contributed by atoms with van der Waals surface area (Å²) in [4.78, 5) is 16.0. The van der Waals surface area contributed by atoms with Crippen LogP contribution in [0.2, 0.25) is 0 Å². The maximum atomic E-state index is 13.3. The van der Waals surface area contributed by atoms with Crippen molar-refractivity contribution in [3.63, 3.8) is 0 Å². The molecule has 2 aliphatic heterocycles. The number of rotatable bonds is 4. The highest BCUT2D eigenvalue weighted by Gasteiger charge is 2.43. The maximum absolute atomic E-state index is 13.3. The molecule has 2 fully saturated rings. The van der Waals surface area contributed by atoms with Gasteiger partial charge in [0.05, 0.1) is 18.3 Å². The zero-order chi connectivity index (χ0) is 18.9. The van der Waals surface area contributed by atoms with Crippen LogP contribution in [-0.2, 0) is 14.8 Å². The second-order valence-corrected chi connectivity index (χ2v) is 8.34. The first-order valence-electron chi connectivity index (χ1n) is 8.41. The zero-order valence-corrected chi connectivity index (χ0v) is 17.7. The molecule has 1 aromatic rings. The Labute approximate surface area is 175 Å². The van der Waals surface area contributed by atoms with Gasteiger partial charge in [0, 0.05) is 32.6 Å². The van der Waals surface area contributed by atoms with E-state index in [4.69, 9.17) is 0 Å². The molecule has 2 N–H and O–H groups in total. The first-order chi connectivity index (χ1) is 12.2. The van der Waals surface area contributed by atoms with Crippen LogP contribution in [0.4, 0.5) is 14.5 Å². The molecule has 28 heavy (non-hydrogen) atoms. The molecule has 2 aliphatic rings. The lowest BCUT2D eigenvalue weighted by Crippen LogP contribution is -2.53. The summed E-state index contributed by atoms with van der Waals surface area (Å²) in [5, 5.41) is 2.58. The van der Waals surface area contributed by atoms with E-state index < -0.39 is 35.0 Å². The summed E-state index contributed by atoms with van der Waals surface area (Å²) in [6.45, 7) is 1.11. The molecule has 0 bridgehead atoms. The monoisotopic (exact) mass is 460 g/mol. The third kappa shape index (κ3) is 5.24. The van der Waals surface area contributed by atoms with Crippen molar-refractivity contribution < 1.29 is 22.0 Å². The molecular weight excluding hydrogens is 437 g/mol. The fraction of sp³-hybridized carbons (Fsp3) is 0.562. The van der Waals surface area contributed by atoms with Crippen LogP contribution in [0, 0.1) is 0 Å². The number of carbonyl (C=O) groups excluding carboxylic acids is 1. The first-order valence-corrected chi connectivity index (χ1v) is 9.89. The number of benzene rings is 1. The Hall–Kier alpha value is -1.20. The minimum Gasteiger partial charge on any atom is -0.367 e. The Morgan fingerprint density at radius 1 is 1.18 bits per heavy atom. The fourth-order valence-electron chi connectivity index (χ4n) is 3.33. The number of piperazine rings is 1. The average Bonchev–Trinajstić information content (AvgIpc) is 3.01. The molecule has 0 aliphatic carbocycles. The van der Waals surface area contributed by atoms with E-state index in [1.165, 1.54) is 13.1 Å². The summed E-state index contributed by atoms with van der Waals surface area (Å²) in [7, 11) is -2.25. The van der Waals surface area contributed by atoms with Crippen LogP contribution in [-0.4, -0.2) is 71.0 Å². The Balaban J connectivity index is 0.00000196. The topological polar surface area (TPSA) is 81.8 Å². The SMILES string of the molecule is CNS(=O)(=O)c1ccccc1N1CCN(C(=O)C2CC(F)(F)CN2)CC1.Cl.Cl. The molecule has 160 valence electrons. The maximum Gasteiger partial charge on any atom is 0.262 e. The lowest BCUT2D eigenvalue weighted by atomic mass is 10.1. The molecule has 12 heteroatoms. The van der Waals surface area contributed by atoms with Crippen molar-refractivity contribution in [3.8, 4) is 0 Å². The van der Waals surface area contributed by atoms with Crippen molar-refractivity contribution in [2.45, 2.75) is 23.3 Å². The molecule has 2 saturated heterocycles. The second kappa shape index (κ2) is 9.53. The lowest BCUT2D eigenvalue weighted by molar-refractivity contribution is -0.134. The van der Waals surface area contributed by atoms with Gasteiger partial charge in [0.2, 0.25) is 15.9 Å². The molecule has 1 unspecified atom stereocenters. The zero-order valence-electron chi connectivity index (χ0n) is 15.2. The van der Waals surface area contributed by atoms with Crippen LogP contribution in [0.25, 0.3) is 0 Å². The standard InChI is InChI=1S/C16H22F2N4O3S.2ClH/c1-19-26(24,25)14-5-3-2-4-13(14)21-6-8-22(9-7-21)15(23)12-10-16(17,18)11-20-12;;/h2-5,12,19-20H,6-11H2,1H3;2*1H. The predicted octanol–water partition coefficient (Wildman–Crippen LogP) is 1.08. The summed E-state index contributed by atoms with van der Waals surface area (Å²) < 4.78 is 53.3. The van der Waals surface area contributed by atoms with Crippen molar-refractivity contribution in [3.05, 3.63) is 24.3 Å². The number of nitrogens with one attached hydrogen (secondary N) is 2. The average molecular weight is 461 g/mol. The molecule has 0 radical (unpaired) electrons. The molecular formula is C16H24Cl2F2N4O3S. The number of halogens is 4. The molecule has 7 nitrogen and oxygen atoms in total. The van der Waals surface area contributed by atoms with E-state index >= 15 is 0 Å². The third-order valence-corrected chi connectivity index (χ3v) is 6.23. The summed E-state index contributed by atoms with van der Waals surface area (Å²) in [5.41, 5.74) is 0.569. The number of para-hydroxylation sites is 1. The molecule has 0 aromatic heterocycles. The van der Waals surface area contributed by atoms with Crippen LogP contribution in [0.3, 0.4) is 0 Å². The van der Waals surface area contributed by atoms with Gasteiger partial charge in [-0.1, -0.05) is 12.1 Å². The number of hydrogen-bond acceptors (Lipinski definition) is 5. The van der Waals surface area contributed by atoms with Gasteiger partial charge < -0.3 is 9.80 Å². The van der Waals surface area contributed by atoms with Gasteiger partial charge in [0.25, 0.3) is 5.92 Å². The van der Waals surface area contributed by atoms with Gasteiger partial charge in [-0.25, -0.2) is 21.9 Å². The number of nitrogens with zero attached hydrogens (tertiary/aromatic N) is 2. The summed E-state index contributed by atoms with van der Waals surface area (Å²) in [6.07, 6.45) is -0.477. The normalized spacial score (nSPS) is 21.6. The van der Waals surface area contributed by atoms with E-state index in [1.807, 2.05) is 4.90 Å². The molecule has 3 rings (SSSR count). The molecule has 2 heterocycles. The summed E-state index contributed by atoms with van der Waals surface area (Å²) in [6, 6.07) is 5.81. The van der Waals surface area contributed by atoms with E-state index in [-0.39, 0.29) is 35.6 Å². The van der Waals surface area contributed by atoms with Crippen molar-refractivity contribution in [2.75, 3.05) is 44.7 Å². The van der Waals surface area contributed by atoms with Gasteiger partial charge in [0.15, 0.2) is 0 Å². The quantitative estimate of drug-likeness (QED) is 0.702. The highest BCUT2D eigenvalue weighted by Crippen LogP contribution is 2.28. The van der Waals surface area contributed by atoms with Crippen LogP contribution in [0.1, 0.15) is 6.42 Å². The number of amides is 1. The predicted molar refractivity (Wildman–Crippen MR) is 107 cm³/mol. The van der Waals surface area contributed by atoms with E-state index in [2.05, 4.69) is 10.0 Å². The lowest BCUT2D eigenvalue weighted by Gasteiger charge is -2.37. The molecule has 1 aromatic carbocycles. The largest absolute Gasteiger partial charge is 0.367 e. The van der Waals surface area contributed by atoms with Crippen LogP contribution in [0.5, 0.6) is 0 Å². The highest BCUT2D eigenvalue weighted by molar-refractivity contribution is 7.89. The van der Waals surface area contributed by atoms with E-state index in [1.54, 1.807) is 23.1 Å². The number of hydrogen-bond donors (Lipinski definition) is 2. The number of alkyl halides is 2. The minimum atomic E-state index is -3.60. The van der Waals surface area contributed by atoms with Crippen molar-refractivity contribution in [1.82, 2.24) is 14.9 Å². The second-order valence-electron chi connectivity index (χ2n) is 6.48. The fourth-order valence-corrected chi connectivity index (χ4v) is 4.28. The van der Waals surface area contributed by atoms with Crippen LogP contribution in [0.15, 0.2) is 29.2 Å². The summed E-state index contributed by atoms with van der Waals surface area (Å²) >= 11 is 0. The van der Waals surface area contributed by atoms with Gasteiger partial charge in [-0.3, -0.25) is 10.1 Å². The van der Waals surface area contributed by atoms with Crippen LogP contribution >= 0.6 is 24.8 Å². The smallest absolute Gasteiger partial charge is 0.262 e. The van der Waals surface area contributed by atoms with Crippen molar-refractivity contribution >= 4 is 46.4 Å². The van der Waals surface area contributed by atoms with E-state index in [9.17, 15) is 22.0 Å². The van der Waals surface area contributed by atoms with Gasteiger partial charge >= 0.3 is 0 Å². The Kier molecular flexibility index (Phi) is 8.46. The Morgan fingerprint density at radius 3 is 2.32 bits per heavy atom. The van der Waals surface area contributed by atoms with Gasteiger partial charge in [-0.15, -0.1) is 24.8 Å². The van der Waals surface area contributed by atoms with Crippen LogP contribution < -0.4 is 14.9 Å². The Morgan fingerprint density at radius 2 is 1.79 bits per heavy atom. The van der Waals surface area contributed by atoms with E-state index in [0.29, 0.717) is 31.9 Å². The highest BCUT2D eigenvalue weighted by atomic mass is 35.5. The number of carbonyl (C=O) groups is 1. The van der Waals surface area contributed by atoms with Gasteiger partial charge in [-0.05, 0) is 19.2 Å². The molecule has 1 amide bonds. The number of anilines is 1. The number of sulfonamides is 1.